The van der Waals surface area contributed by atoms with Crippen LogP contribution in [0.5, 0.6) is 0 Å². The lowest BCUT2D eigenvalue weighted by molar-refractivity contribution is 0.574. The number of anilines is 1. The molecule has 0 bridgehead atoms. The average molecular weight is 404 g/mol. The first-order chi connectivity index (χ1) is 10.7. The van der Waals surface area contributed by atoms with Gasteiger partial charge in [0.25, 0.3) is 0 Å². The molecule has 0 aliphatic rings. The van der Waals surface area contributed by atoms with Gasteiger partial charge < -0.3 is 5.32 Å². The van der Waals surface area contributed by atoms with Gasteiger partial charge in [-0.3, -0.25) is 4.72 Å². The Morgan fingerprint density at radius 2 is 1.75 bits per heavy atom. The summed E-state index contributed by atoms with van der Waals surface area (Å²) in [6.07, 6.45) is 0.388. The number of nitrogens with one attached hydrogen (secondary N) is 3. The van der Waals surface area contributed by atoms with E-state index >= 15 is 0 Å². The third kappa shape index (κ3) is 7.31. The Balaban J connectivity index is 0.00000529. The SMILES string of the molecule is CCCS(=O)(=O)Nc1ccc(S(=O)(=O)NCCNCC)cc1F.Cl. The molecule has 0 unspecified atom stereocenters. The molecule has 0 fully saturated rings. The lowest BCUT2D eigenvalue weighted by atomic mass is 10.3. The molecule has 11 heteroatoms. The number of halogens is 2. The Hall–Kier alpha value is -0.940. The van der Waals surface area contributed by atoms with E-state index < -0.39 is 25.9 Å². The predicted octanol–water partition coefficient (Wildman–Crippen LogP) is 1.29. The van der Waals surface area contributed by atoms with Gasteiger partial charge in [-0.1, -0.05) is 13.8 Å². The third-order valence-corrected chi connectivity index (χ3v) is 5.77. The van der Waals surface area contributed by atoms with Crippen LogP contribution in [-0.4, -0.2) is 42.2 Å². The molecule has 0 aliphatic carbocycles. The van der Waals surface area contributed by atoms with E-state index in [-0.39, 0.29) is 35.3 Å². The van der Waals surface area contributed by atoms with E-state index in [4.69, 9.17) is 0 Å². The summed E-state index contributed by atoms with van der Waals surface area (Å²) in [4.78, 5) is -0.259. The highest BCUT2D eigenvalue weighted by Gasteiger charge is 2.18. The van der Waals surface area contributed by atoms with Crippen molar-refractivity contribution in [1.29, 1.82) is 0 Å². The molecule has 0 amide bonds. The molecule has 0 aliphatic heterocycles. The molecule has 1 aromatic rings. The van der Waals surface area contributed by atoms with Crippen LogP contribution in [0.2, 0.25) is 0 Å². The van der Waals surface area contributed by atoms with Crippen molar-refractivity contribution in [2.75, 3.05) is 30.1 Å². The van der Waals surface area contributed by atoms with Crippen LogP contribution in [0.1, 0.15) is 20.3 Å². The van der Waals surface area contributed by atoms with Crippen molar-refractivity contribution in [3.63, 3.8) is 0 Å². The van der Waals surface area contributed by atoms with Gasteiger partial charge in [-0.05, 0) is 31.2 Å². The standard InChI is InChI=1S/C13H22FN3O4S2.ClH/c1-3-9-22(18,19)17-13-6-5-11(10-12(13)14)23(20,21)16-8-7-15-4-2;/h5-6,10,15-17H,3-4,7-9H2,1-2H3;1H. The predicted molar refractivity (Wildman–Crippen MR) is 95.1 cm³/mol. The summed E-state index contributed by atoms with van der Waals surface area (Å²) in [5.74, 6) is -1.09. The van der Waals surface area contributed by atoms with Crippen LogP contribution in [0, 0.1) is 5.82 Å². The molecule has 0 saturated heterocycles. The molecule has 0 saturated carbocycles. The second kappa shape index (κ2) is 10.1. The zero-order valence-corrected chi connectivity index (χ0v) is 16.0. The summed E-state index contributed by atoms with van der Waals surface area (Å²) in [7, 11) is -7.48. The van der Waals surface area contributed by atoms with E-state index in [9.17, 15) is 21.2 Å². The number of hydrogen-bond acceptors (Lipinski definition) is 5. The molecule has 3 N–H and O–H groups in total. The lowest BCUT2D eigenvalue weighted by Crippen LogP contribution is -2.31. The minimum absolute atomic E-state index is 0. The third-order valence-electron chi connectivity index (χ3n) is 2.83. The van der Waals surface area contributed by atoms with Crippen molar-refractivity contribution in [3.05, 3.63) is 24.0 Å². The molecule has 24 heavy (non-hydrogen) atoms. The quantitative estimate of drug-likeness (QED) is 0.510. The Morgan fingerprint density at radius 3 is 2.29 bits per heavy atom. The van der Waals surface area contributed by atoms with E-state index in [0.717, 1.165) is 18.2 Å². The maximum atomic E-state index is 14.0. The summed E-state index contributed by atoms with van der Waals surface area (Å²) in [5, 5.41) is 2.95. The number of benzene rings is 1. The highest BCUT2D eigenvalue weighted by atomic mass is 35.5. The smallest absolute Gasteiger partial charge is 0.240 e. The van der Waals surface area contributed by atoms with Crippen LogP contribution in [-0.2, 0) is 20.0 Å². The van der Waals surface area contributed by atoms with Crippen LogP contribution >= 0.6 is 12.4 Å². The minimum atomic E-state index is -3.84. The fraction of sp³-hybridized carbons (Fsp3) is 0.538. The Kier molecular flexibility index (Phi) is 9.74. The van der Waals surface area contributed by atoms with Gasteiger partial charge in [-0.25, -0.2) is 25.9 Å². The fourth-order valence-electron chi connectivity index (χ4n) is 1.77. The molecule has 0 heterocycles. The first kappa shape index (κ1) is 23.1. The van der Waals surface area contributed by atoms with Gasteiger partial charge in [0, 0.05) is 13.1 Å². The summed E-state index contributed by atoms with van der Waals surface area (Å²) >= 11 is 0. The van der Waals surface area contributed by atoms with E-state index in [1.54, 1.807) is 6.92 Å². The maximum Gasteiger partial charge on any atom is 0.240 e. The summed E-state index contributed by atoms with van der Waals surface area (Å²) in [6.45, 7) is 4.91. The topological polar surface area (TPSA) is 104 Å². The Labute approximate surface area is 148 Å². The summed E-state index contributed by atoms with van der Waals surface area (Å²) < 4.78 is 65.6. The van der Waals surface area contributed by atoms with Gasteiger partial charge in [-0.2, -0.15) is 0 Å². The molecule has 0 aromatic heterocycles. The average Bonchev–Trinajstić information content (AvgIpc) is 2.45. The van der Waals surface area contributed by atoms with Crippen LogP contribution in [0.15, 0.2) is 23.1 Å². The van der Waals surface area contributed by atoms with Gasteiger partial charge in [0.1, 0.15) is 5.82 Å². The molecular formula is C13H23ClFN3O4S2. The van der Waals surface area contributed by atoms with Gasteiger partial charge in [0.2, 0.25) is 20.0 Å². The Morgan fingerprint density at radius 1 is 1.08 bits per heavy atom. The number of sulfonamides is 2. The van der Waals surface area contributed by atoms with Gasteiger partial charge in [0.05, 0.1) is 16.3 Å². The molecular weight excluding hydrogens is 381 g/mol. The molecule has 0 spiro atoms. The number of hydrogen-bond donors (Lipinski definition) is 3. The largest absolute Gasteiger partial charge is 0.316 e. The van der Waals surface area contributed by atoms with E-state index in [0.29, 0.717) is 19.5 Å². The van der Waals surface area contributed by atoms with Crippen molar-refractivity contribution in [1.82, 2.24) is 10.0 Å². The maximum absolute atomic E-state index is 14.0. The Bertz CT molecular complexity index is 727. The van der Waals surface area contributed by atoms with Crippen molar-refractivity contribution in [2.24, 2.45) is 0 Å². The normalized spacial score (nSPS) is 11.8. The lowest BCUT2D eigenvalue weighted by Gasteiger charge is -2.11. The van der Waals surface area contributed by atoms with Gasteiger partial charge in [-0.15, -0.1) is 12.4 Å². The molecule has 140 valence electrons. The zero-order valence-electron chi connectivity index (χ0n) is 13.5. The monoisotopic (exact) mass is 403 g/mol. The minimum Gasteiger partial charge on any atom is -0.316 e. The van der Waals surface area contributed by atoms with Gasteiger partial charge >= 0.3 is 0 Å². The van der Waals surface area contributed by atoms with Crippen molar-refractivity contribution in [3.8, 4) is 0 Å². The second-order valence-electron chi connectivity index (χ2n) is 4.81. The van der Waals surface area contributed by atoms with E-state index in [2.05, 4.69) is 14.8 Å². The first-order valence-corrected chi connectivity index (χ1v) is 10.4. The molecule has 1 aromatic carbocycles. The summed E-state index contributed by atoms with van der Waals surface area (Å²) in [5.41, 5.74) is -0.273. The molecule has 0 atom stereocenters. The molecule has 7 nitrogen and oxygen atoms in total. The highest BCUT2D eigenvalue weighted by molar-refractivity contribution is 7.92. The number of likely N-dealkylation sites (N-methyl/N-ethyl adjacent to an activating group) is 1. The fourth-order valence-corrected chi connectivity index (χ4v) is 3.95. The zero-order chi connectivity index (χ0) is 17.5. The first-order valence-electron chi connectivity index (χ1n) is 7.22. The van der Waals surface area contributed by atoms with Crippen molar-refractivity contribution < 1.29 is 21.2 Å². The van der Waals surface area contributed by atoms with E-state index in [1.807, 2.05) is 6.92 Å². The highest BCUT2D eigenvalue weighted by Crippen LogP contribution is 2.20. The van der Waals surface area contributed by atoms with Crippen molar-refractivity contribution in [2.45, 2.75) is 25.2 Å². The van der Waals surface area contributed by atoms with E-state index in [1.165, 1.54) is 0 Å². The molecule has 0 radical (unpaired) electrons. The van der Waals surface area contributed by atoms with Crippen LogP contribution in [0.3, 0.4) is 0 Å². The van der Waals surface area contributed by atoms with Crippen LogP contribution in [0.25, 0.3) is 0 Å². The second-order valence-corrected chi connectivity index (χ2v) is 8.42. The summed E-state index contributed by atoms with van der Waals surface area (Å²) in [6, 6.07) is 3.04. The van der Waals surface area contributed by atoms with Crippen LogP contribution < -0.4 is 14.8 Å². The van der Waals surface area contributed by atoms with Crippen molar-refractivity contribution >= 4 is 38.1 Å². The molecule has 1 rings (SSSR count). The van der Waals surface area contributed by atoms with Crippen LogP contribution in [0.4, 0.5) is 10.1 Å². The number of rotatable bonds is 10. The van der Waals surface area contributed by atoms with Gasteiger partial charge in [0.15, 0.2) is 0 Å².